The van der Waals surface area contributed by atoms with Gasteiger partial charge in [0, 0.05) is 11.9 Å². The minimum Gasteiger partial charge on any atom is -0.497 e. The van der Waals surface area contributed by atoms with E-state index >= 15 is 0 Å². The van der Waals surface area contributed by atoms with Gasteiger partial charge in [-0.2, -0.15) is 0 Å². The standard InChI is InChI=1S/C19H19N3O5S/c1-12-8-9-28-15(12)10-20(2)16(23)11-21-17(24)18(25)22(19(21)26)13-4-6-14(27-3)7-5-13/h4-9H,10-11H2,1-3H3. The van der Waals surface area contributed by atoms with Gasteiger partial charge >= 0.3 is 17.8 Å². The van der Waals surface area contributed by atoms with Gasteiger partial charge in [-0.1, -0.05) is 0 Å². The van der Waals surface area contributed by atoms with Gasteiger partial charge in [0.15, 0.2) is 0 Å². The minimum absolute atomic E-state index is 0.238. The summed E-state index contributed by atoms with van der Waals surface area (Å²) in [4.78, 5) is 53.6. The average molecular weight is 401 g/mol. The van der Waals surface area contributed by atoms with Crippen molar-refractivity contribution in [2.45, 2.75) is 13.5 Å². The maximum absolute atomic E-state index is 12.6. The van der Waals surface area contributed by atoms with Crippen molar-refractivity contribution in [3.8, 4) is 5.75 Å². The summed E-state index contributed by atoms with van der Waals surface area (Å²) in [5.41, 5.74) is 1.31. The topological polar surface area (TPSA) is 87.2 Å². The van der Waals surface area contributed by atoms with E-state index in [2.05, 4.69) is 0 Å². The molecule has 8 nitrogen and oxygen atoms in total. The van der Waals surface area contributed by atoms with Crippen LogP contribution in [0.4, 0.5) is 10.5 Å². The van der Waals surface area contributed by atoms with Gasteiger partial charge < -0.3 is 9.64 Å². The number of benzene rings is 1. The van der Waals surface area contributed by atoms with Crippen molar-refractivity contribution in [3.05, 3.63) is 46.2 Å². The number of hydrogen-bond acceptors (Lipinski definition) is 6. The van der Waals surface area contributed by atoms with Crippen molar-refractivity contribution >= 4 is 40.8 Å². The van der Waals surface area contributed by atoms with Crippen LogP contribution >= 0.6 is 11.3 Å². The van der Waals surface area contributed by atoms with Gasteiger partial charge in [-0.05, 0) is 48.2 Å². The molecule has 0 saturated carbocycles. The summed E-state index contributed by atoms with van der Waals surface area (Å²) in [5, 5.41) is 1.93. The Labute approximate surface area is 165 Å². The van der Waals surface area contributed by atoms with Gasteiger partial charge in [0.25, 0.3) is 0 Å². The Hall–Kier alpha value is -3.20. The number of urea groups is 1. The summed E-state index contributed by atoms with van der Waals surface area (Å²) < 4.78 is 5.04. The molecule has 0 N–H and O–H groups in total. The summed E-state index contributed by atoms with van der Waals surface area (Å²) in [6.07, 6.45) is 0. The van der Waals surface area contributed by atoms with E-state index in [4.69, 9.17) is 4.74 Å². The predicted molar refractivity (Wildman–Crippen MR) is 103 cm³/mol. The number of anilines is 1. The number of imide groups is 2. The molecular weight excluding hydrogens is 382 g/mol. The first-order valence-electron chi connectivity index (χ1n) is 8.44. The third kappa shape index (κ3) is 3.61. The highest BCUT2D eigenvalue weighted by Crippen LogP contribution is 2.25. The maximum atomic E-state index is 12.6. The maximum Gasteiger partial charge on any atom is 0.339 e. The van der Waals surface area contributed by atoms with Crippen LogP contribution in [-0.4, -0.2) is 54.3 Å². The zero-order valence-electron chi connectivity index (χ0n) is 15.7. The SMILES string of the molecule is COc1ccc(N2C(=O)C(=O)N(CC(=O)N(C)Cc3sccc3C)C2=O)cc1. The second-order valence-corrected chi connectivity index (χ2v) is 7.29. The van der Waals surface area contributed by atoms with Crippen LogP contribution in [0.3, 0.4) is 0 Å². The van der Waals surface area contributed by atoms with Crippen LogP contribution in [0.15, 0.2) is 35.7 Å². The van der Waals surface area contributed by atoms with E-state index in [1.165, 1.54) is 35.5 Å². The second kappa shape index (κ2) is 7.81. The highest BCUT2D eigenvalue weighted by molar-refractivity contribution is 7.10. The van der Waals surface area contributed by atoms with Gasteiger partial charge in [0.2, 0.25) is 5.91 Å². The van der Waals surface area contributed by atoms with Crippen LogP contribution in [0.5, 0.6) is 5.75 Å². The van der Waals surface area contributed by atoms with Crippen LogP contribution in [0, 0.1) is 6.92 Å². The quantitative estimate of drug-likeness (QED) is 0.546. The van der Waals surface area contributed by atoms with Crippen LogP contribution < -0.4 is 9.64 Å². The Kier molecular flexibility index (Phi) is 5.46. The molecule has 1 aromatic heterocycles. The molecule has 2 aromatic rings. The number of carbonyl (C=O) groups excluding carboxylic acids is 4. The van der Waals surface area contributed by atoms with Crippen LogP contribution in [-0.2, 0) is 20.9 Å². The number of methoxy groups -OCH3 is 1. The summed E-state index contributed by atoms with van der Waals surface area (Å²) in [5.74, 6) is -1.89. The Morgan fingerprint density at radius 3 is 2.36 bits per heavy atom. The molecule has 28 heavy (non-hydrogen) atoms. The second-order valence-electron chi connectivity index (χ2n) is 6.29. The fourth-order valence-corrected chi connectivity index (χ4v) is 3.69. The summed E-state index contributed by atoms with van der Waals surface area (Å²) in [7, 11) is 3.09. The number of amides is 5. The Balaban J connectivity index is 1.72. The lowest BCUT2D eigenvalue weighted by atomic mass is 10.3. The van der Waals surface area contributed by atoms with Crippen LogP contribution in [0.2, 0.25) is 0 Å². The molecule has 1 aliphatic rings. The lowest BCUT2D eigenvalue weighted by Gasteiger charge is -2.20. The van der Waals surface area contributed by atoms with Gasteiger partial charge in [-0.25, -0.2) is 14.6 Å². The van der Waals surface area contributed by atoms with Crippen molar-refractivity contribution in [1.82, 2.24) is 9.80 Å². The Morgan fingerprint density at radius 1 is 1.11 bits per heavy atom. The third-order valence-electron chi connectivity index (χ3n) is 4.45. The first-order chi connectivity index (χ1) is 13.3. The number of rotatable bonds is 6. The average Bonchev–Trinajstić information content (AvgIpc) is 3.18. The molecule has 0 atom stereocenters. The Morgan fingerprint density at radius 2 is 1.79 bits per heavy atom. The van der Waals surface area contributed by atoms with Crippen molar-refractivity contribution in [1.29, 1.82) is 0 Å². The molecule has 0 aliphatic carbocycles. The predicted octanol–water partition coefficient (Wildman–Crippen LogP) is 2.02. The number of hydrogen-bond donors (Lipinski definition) is 0. The van der Waals surface area contributed by atoms with E-state index in [0.29, 0.717) is 17.2 Å². The molecule has 3 rings (SSSR count). The summed E-state index contributed by atoms with van der Waals surface area (Å²) in [6, 6.07) is 7.26. The molecule has 146 valence electrons. The van der Waals surface area contributed by atoms with Crippen LogP contribution in [0.25, 0.3) is 0 Å². The molecule has 1 aliphatic heterocycles. The molecule has 1 saturated heterocycles. The lowest BCUT2D eigenvalue weighted by molar-refractivity contribution is -0.142. The molecule has 5 amide bonds. The van der Waals surface area contributed by atoms with Crippen molar-refractivity contribution in [2.75, 3.05) is 25.6 Å². The van der Waals surface area contributed by atoms with Crippen LogP contribution in [0.1, 0.15) is 10.4 Å². The van der Waals surface area contributed by atoms with E-state index in [0.717, 1.165) is 15.3 Å². The molecular formula is C19H19N3O5S. The fraction of sp³-hybridized carbons (Fsp3) is 0.263. The van der Waals surface area contributed by atoms with Gasteiger partial charge in [-0.3, -0.25) is 14.4 Å². The lowest BCUT2D eigenvalue weighted by Crippen LogP contribution is -2.42. The van der Waals surface area contributed by atoms with Crippen molar-refractivity contribution in [2.24, 2.45) is 0 Å². The van der Waals surface area contributed by atoms with E-state index in [9.17, 15) is 19.2 Å². The number of likely N-dealkylation sites (N-methyl/N-ethyl adjacent to an activating group) is 1. The number of ether oxygens (including phenoxy) is 1. The largest absolute Gasteiger partial charge is 0.497 e. The van der Waals surface area contributed by atoms with E-state index in [1.807, 2.05) is 18.4 Å². The first-order valence-corrected chi connectivity index (χ1v) is 9.32. The number of thiophene rings is 1. The third-order valence-corrected chi connectivity index (χ3v) is 5.46. The first kappa shape index (κ1) is 19.6. The van der Waals surface area contributed by atoms with Crippen molar-refractivity contribution in [3.63, 3.8) is 0 Å². The molecule has 9 heteroatoms. The Bertz CT molecular complexity index is 937. The molecule has 0 unspecified atom stereocenters. The van der Waals surface area contributed by atoms with E-state index in [1.54, 1.807) is 19.2 Å². The number of aryl methyl sites for hydroxylation is 1. The number of carbonyl (C=O) groups is 4. The highest BCUT2D eigenvalue weighted by Gasteiger charge is 2.46. The number of nitrogens with zero attached hydrogens (tertiary/aromatic N) is 3. The highest BCUT2D eigenvalue weighted by atomic mass is 32.1. The fourth-order valence-electron chi connectivity index (χ4n) is 2.73. The van der Waals surface area contributed by atoms with Gasteiger partial charge in [-0.15, -0.1) is 11.3 Å². The zero-order valence-corrected chi connectivity index (χ0v) is 16.5. The molecule has 1 fully saturated rings. The molecule has 2 heterocycles. The van der Waals surface area contributed by atoms with E-state index < -0.39 is 30.3 Å². The van der Waals surface area contributed by atoms with Crippen molar-refractivity contribution < 1.29 is 23.9 Å². The molecule has 1 aromatic carbocycles. The smallest absolute Gasteiger partial charge is 0.339 e. The van der Waals surface area contributed by atoms with Gasteiger partial charge in [0.05, 0.1) is 19.3 Å². The van der Waals surface area contributed by atoms with Gasteiger partial charge in [0.1, 0.15) is 12.3 Å². The van der Waals surface area contributed by atoms with E-state index in [-0.39, 0.29) is 5.69 Å². The minimum atomic E-state index is -1.02. The summed E-state index contributed by atoms with van der Waals surface area (Å²) in [6.45, 7) is 1.83. The molecule has 0 radical (unpaired) electrons. The normalized spacial score (nSPS) is 14.0. The zero-order chi connectivity index (χ0) is 20.4. The molecule has 0 bridgehead atoms. The summed E-state index contributed by atoms with van der Waals surface area (Å²) >= 11 is 1.53. The monoisotopic (exact) mass is 401 g/mol. The molecule has 0 spiro atoms.